The van der Waals surface area contributed by atoms with E-state index in [1.165, 1.54) is 0 Å². The van der Waals surface area contributed by atoms with Gasteiger partial charge in [0.1, 0.15) is 18.1 Å². The first-order valence-corrected chi connectivity index (χ1v) is 7.51. The number of carbonyl (C=O) groups is 1. The molecule has 0 amide bonds. The lowest BCUT2D eigenvalue weighted by Crippen LogP contribution is -2.28. The quantitative estimate of drug-likeness (QED) is 0.575. The molecule has 2 rings (SSSR count). The number of nitrogens with zero attached hydrogens (tertiary/aromatic N) is 1. The molecule has 0 N–H and O–H groups in total. The summed E-state index contributed by atoms with van der Waals surface area (Å²) in [5.41, 5.74) is 1.10. The summed E-state index contributed by atoms with van der Waals surface area (Å²) in [5, 5.41) is 0. The summed E-state index contributed by atoms with van der Waals surface area (Å²) in [5.74, 6) is 1.12. The summed E-state index contributed by atoms with van der Waals surface area (Å²) < 4.78 is 15.3. The Kier molecular flexibility index (Phi) is 6.29. The van der Waals surface area contributed by atoms with Crippen LogP contribution in [-0.2, 0) is 4.74 Å². The molecule has 0 heterocycles. The van der Waals surface area contributed by atoms with Gasteiger partial charge in [-0.15, -0.1) is 0 Å². The minimum Gasteiger partial charge on any atom is -0.497 e. The van der Waals surface area contributed by atoms with Crippen molar-refractivity contribution in [2.24, 2.45) is 0 Å². The van der Waals surface area contributed by atoms with Gasteiger partial charge in [-0.25, -0.2) is 4.79 Å². The molecule has 0 aliphatic carbocycles. The number of rotatable bonds is 7. The summed E-state index contributed by atoms with van der Waals surface area (Å²) in [6, 6.07) is 16.7. The number of hydrogen-bond donors (Lipinski definition) is 0. The maximum atomic E-state index is 11.7. The molecule has 2 aromatic rings. The highest BCUT2D eigenvalue weighted by Gasteiger charge is 2.08. The van der Waals surface area contributed by atoms with Crippen molar-refractivity contribution < 1.29 is 19.0 Å². The van der Waals surface area contributed by atoms with Crippen LogP contribution < -0.4 is 14.4 Å². The Morgan fingerprint density at radius 1 is 1.00 bits per heavy atom. The van der Waals surface area contributed by atoms with Crippen molar-refractivity contribution >= 4 is 11.8 Å². The number of ether oxygens (including phenoxy) is 3. The molecule has 0 saturated heterocycles. The molecule has 0 unspecified atom stereocenters. The van der Waals surface area contributed by atoms with Crippen LogP contribution in [0.4, 0.5) is 10.5 Å². The maximum Gasteiger partial charge on any atom is 0.513 e. The molecule has 0 bridgehead atoms. The smallest absolute Gasteiger partial charge is 0.497 e. The van der Waals surface area contributed by atoms with Gasteiger partial charge in [0.2, 0.25) is 0 Å². The van der Waals surface area contributed by atoms with E-state index in [9.17, 15) is 4.79 Å². The lowest BCUT2D eigenvalue weighted by molar-refractivity contribution is 0.101. The molecule has 0 spiro atoms. The van der Waals surface area contributed by atoms with Gasteiger partial charge >= 0.3 is 6.16 Å². The van der Waals surface area contributed by atoms with Gasteiger partial charge < -0.3 is 19.1 Å². The van der Waals surface area contributed by atoms with E-state index < -0.39 is 6.16 Å². The van der Waals surface area contributed by atoms with E-state index >= 15 is 0 Å². The number of hydrogen-bond acceptors (Lipinski definition) is 5. The number of benzene rings is 2. The van der Waals surface area contributed by atoms with E-state index in [1.807, 2.05) is 30.3 Å². The first-order valence-electron chi connectivity index (χ1n) is 7.51. The molecule has 122 valence electrons. The van der Waals surface area contributed by atoms with Crippen LogP contribution in [0.1, 0.15) is 6.92 Å². The van der Waals surface area contributed by atoms with E-state index in [1.54, 1.807) is 31.4 Å². The second-order valence-corrected chi connectivity index (χ2v) is 4.79. The van der Waals surface area contributed by atoms with E-state index in [0.29, 0.717) is 18.0 Å². The first kappa shape index (κ1) is 16.7. The van der Waals surface area contributed by atoms with Crippen molar-refractivity contribution in [3.8, 4) is 11.5 Å². The van der Waals surface area contributed by atoms with Gasteiger partial charge in [0.25, 0.3) is 0 Å². The zero-order valence-corrected chi connectivity index (χ0v) is 13.4. The Morgan fingerprint density at radius 2 is 1.65 bits per heavy atom. The van der Waals surface area contributed by atoms with Crippen molar-refractivity contribution in [1.29, 1.82) is 0 Å². The third-order valence-electron chi connectivity index (χ3n) is 3.34. The number of carbonyl (C=O) groups excluding carboxylic acids is 1. The average Bonchev–Trinajstić information content (AvgIpc) is 2.60. The highest BCUT2D eigenvalue weighted by atomic mass is 16.7. The molecule has 0 aliphatic heterocycles. The summed E-state index contributed by atoms with van der Waals surface area (Å²) in [7, 11) is 1.58. The second kappa shape index (κ2) is 8.68. The monoisotopic (exact) mass is 315 g/mol. The molecule has 2 aromatic carbocycles. The van der Waals surface area contributed by atoms with Crippen molar-refractivity contribution in [2.45, 2.75) is 6.92 Å². The van der Waals surface area contributed by atoms with Crippen molar-refractivity contribution in [1.82, 2.24) is 0 Å². The van der Waals surface area contributed by atoms with Gasteiger partial charge in [-0.1, -0.05) is 18.2 Å². The SMILES string of the molecule is CCN(CCOC(=O)Oc1ccc(OC)cc1)c1ccccc1. The van der Waals surface area contributed by atoms with E-state index in [4.69, 9.17) is 14.2 Å². The third-order valence-corrected chi connectivity index (χ3v) is 3.34. The molecule has 0 saturated carbocycles. The number of methoxy groups -OCH3 is 1. The minimum absolute atomic E-state index is 0.262. The molecule has 0 radical (unpaired) electrons. The fourth-order valence-corrected chi connectivity index (χ4v) is 2.12. The van der Waals surface area contributed by atoms with Crippen LogP contribution in [0.5, 0.6) is 11.5 Å². The van der Waals surface area contributed by atoms with Crippen LogP contribution in [0, 0.1) is 0 Å². The van der Waals surface area contributed by atoms with E-state index in [-0.39, 0.29) is 6.61 Å². The summed E-state index contributed by atoms with van der Waals surface area (Å²) in [4.78, 5) is 13.8. The molecule has 5 heteroatoms. The highest BCUT2D eigenvalue weighted by molar-refractivity contribution is 5.63. The molecule has 0 atom stereocenters. The van der Waals surface area contributed by atoms with Gasteiger partial charge in [-0.3, -0.25) is 0 Å². The zero-order valence-electron chi connectivity index (χ0n) is 13.4. The van der Waals surface area contributed by atoms with Gasteiger partial charge in [-0.2, -0.15) is 0 Å². The summed E-state index contributed by atoms with van der Waals surface area (Å²) in [6.45, 7) is 3.76. The zero-order chi connectivity index (χ0) is 16.5. The number of para-hydroxylation sites is 1. The van der Waals surface area contributed by atoms with E-state index in [0.717, 1.165) is 12.2 Å². The largest absolute Gasteiger partial charge is 0.513 e. The normalized spacial score (nSPS) is 10.0. The van der Waals surface area contributed by atoms with Gasteiger partial charge in [0.15, 0.2) is 0 Å². The minimum atomic E-state index is -0.709. The molecular weight excluding hydrogens is 294 g/mol. The Hall–Kier alpha value is -2.69. The van der Waals surface area contributed by atoms with Crippen LogP contribution >= 0.6 is 0 Å². The predicted molar refractivity (Wildman–Crippen MR) is 89.3 cm³/mol. The van der Waals surface area contributed by atoms with Crippen LogP contribution in [0.2, 0.25) is 0 Å². The average molecular weight is 315 g/mol. The fourth-order valence-electron chi connectivity index (χ4n) is 2.12. The van der Waals surface area contributed by atoms with Crippen LogP contribution in [0.25, 0.3) is 0 Å². The standard InChI is InChI=1S/C18H21NO4/c1-3-19(15-7-5-4-6-8-15)13-14-22-18(20)23-17-11-9-16(21-2)10-12-17/h4-12H,3,13-14H2,1-2H3. The van der Waals surface area contributed by atoms with Crippen molar-refractivity contribution in [3.63, 3.8) is 0 Å². The lowest BCUT2D eigenvalue weighted by atomic mass is 10.3. The first-order chi connectivity index (χ1) is 11.2. The van der Waals surface area contributed by atoms with Crippen LogP contribution in [0.3, 0.4) is 0 Å². The maximum absolute atomic E-state index is 11.7. The predicted octanol–water partition coefficient (Wildman–Crippen LogP) is 3.74. The number of anilines is 1. The van der Waals surface area contributed by atoms with Gasteiger partial charge in [0.05, 0.1) is 13.7 Å². The molecule has 0 aromatic heterocycles. The number of likely N-dealkylation sites (N-methyl/N-ethyl adjacent to an activating group) is 1. The van der Waals surface area contributed by atoms with Gasteiger partial charge in [0, 0.05) is 12.2 Å². The second-order valence-electron chi connectivity index (χ2n) is 4.79. The lowest BCUT2D eigenvalue weighted by Gasteiger charge is -2.22. The van der Waals surface area contributed by atoms with Crippen LogP contribution in [-0.4, -0.2) is 33.0 Å². The highest BCUT2D eigenvalue weighted by Crippen LogP contribution is 2.17. The molecule has 0 fully saturated rings. The summed E-state index contributed by atoms with van der Waals surface area (Å²) in [6.07, 6.45) is -0.709. The molecule has 23 heavy (non-hydrogen) atoms. The Balaban J connectivity index is 1.77. The summed E-state index contributed by atoms with van der Waals surface area (Å²) >= 11 is 0. The Morgan fingerprint density at radius 3 is 2.26 bits per heavy atom. The third kappa shape index (κ3) is 5.21. The topological polar surface area (TPSA) is 48.0 Å². The molecule has 0 aliphatic rings. The van der Waals surface area contributed by atoms with E-state index in [2.05, 4.69) is 11.8 Å². The Labute approximate surface area is 136 Å². The van der Waals surface area contributed by atoms with Crippen LogP contribution in [0.15, 0.2) is 54.6 Å². The Bertz CT molecular complexity index is 598. The van der Waals surface area contributed by atoms with Crippen molar-refractivity contribution in [3.05, 3.63) is 54.6 Å². The molecular formula is C18H21NO4. The molecule has 5 nitrogen and oxygen atoms in total. The fraction of sp³-hybridized carbons (Fsp3) is 0.278. The van der Waals surface area contributed by atoms with Gasteiger partial charge in [-0.05, 0) is 43.3 Å². The van der Waals surface area contributed by atoms with Crippen molar-refractivity contribution in [2.75, 3.05) is 31.7 Å².